The van der Waals surface area contributed by atoms with Crippen molar-refractivity contribution in [3.8, 4) is 0 Å². The standard InChI is InChI=1S/C58H42N4O4/c63-55-43-23-15-39(16-24-43)33-59-37-60(52-12-2-1-11-51(52)59)34-40-17-25-44(26-18-40)56(64)48-8-6-10-50(32-48)58(66)46-29-21-42(22-30-46)36-62-38-61(53-13-3-4-14-54(53)62)35-41-19-27-45(28-20-41)57(65)49-9-5-7-47(55)31-49/h1-32,37-38H,33-36H2/q+2. The van der Waals surface area contributed by atoms with Crippen LogP contribution in [0.3, 0.4) is 0 Å². The Hall–Kier alpha value is -8.62. The van der Waals surface area contributed by atoms with Gasteiger partial charge in [0.25, 0.3) is 0 Å². The molecule has 8 nitrogen and oxygen atoms in total. The number of carbonyl (C=O) groups excluding carboxylic acids is 4. The Morgan fingerprint density at radius 3 is 0.939 bits per heavy atom. The number of imidazole rings is 2. The fourth-order valence-electron chi connectivity index (χ4n) is 9.09. The monoisotopic (exact) mass is 858 g/mol. The molecule has 0 spiro atoms. The lowest BCUT2D eigenvalue weighted by Gasteiger charge is -2.07. The lowest BCUT2D eigenvalue weighted by Crippen LogP contribution is -2.32. The zero-order valence-corrected chi connectivity index (χ0v) is 35.9. The maximum absolute atomic E-state index is 13.8. The van der Waals surface area contributed by atoms with E-state index in [4.69, 9.17) is 0 Å². The van der Waals surface area contributed by atoms with Gasteiger partial charge in [0.15, 0.2) is 45.2 Å². The van der Waals surface area contributed by atoms with Crippen LogP contribution in [0.25, 0.3) is 22.1 Å². The largest absolute Gasteiger partial charge is 0.289 e. The summed E-state index contributed by atoms with van der Waals surface area (Å²) in [6.45, 7) is 2.36. The highest BCUT2D eigenvalue weighted by atomic mass is 16.1. The van der Waals surface area contributed by atoms with E-state index in [2.05, 4.69) is 55.2 Å². The molecule has 0 fully saturated rings. The Kier molecular flexibility index (Phi) is 10.2. The highest BCUT2D eigenvalue weighted by molar-refractivity contribution is 6.14. The first-order chi connectivity index (χ1) is 32.3. The maximum atomic E-state index is 13.8. The first-order valence-corrected chi connectivity index (χ1v) is 22.0. The summed E-state index contributed by atoms with van der Waals surface area (Å²) < 4.78 is 8.78. The van der Waals surface area contributed by atoms with E-state index in [1.165, 1.54) is 0 Å². The van der Waals surface area contributed by atoms with E-state index in [9.17, 15) is 19.2 Å². The minimum absolute atomic E-state index is 0.149. The maximum Gasteiger partial charge on any atom is 0.245 e. The van der Waals surface area contributed by atoms with E-state index in [0.29, 0.717) is 70.7 Å². The molecule has 0 N–H and O–H groups in total. The molecule has 16 bridgehead atoms. The molecule has 8 aromatic carbocycles. The highest BCUT2D eigenvalue weighted by Crippen LogP contribution is 2.22. The molecule has 10 aromatic rings. The number of nitrogens with zero attached hydrogens (tertiary/aromatic N) is 4. The number of ketones is 4. The molecule has 9 heterocycles. The van der Waals surface area contributed by atoms with Crippen LogP contribution in [0, 0.1) is 0 Å². The minimum Gasteiger partial charge on any atom is -0.289 e. The molecule has 316 valence electrons. The number of fused-ring (bicyclic) bond motifs is 2. The van der Waals surface area contributed by atoms with Gasteiger partial charge in [0, 0.05) is 44.5 Å². The number of hydrogen-bond acceptors (Lipinski definition) is 4. The second kappa shape index (κ2) is 16.8. The van der Waals surface area contributed by atoms with Crippen LogP contribution in [0.5, 0.6) is 0 Å². The SMILES string of the molecule is O=C1c2ccc(cc2)Cn2c[n+](c3ccccc32)Cc2ccc(cc2)C(=O)c2cccc(c2)C(=O)c2ccc(cc2)C[n+]2cn(c3ccccc32)Cc2ccc(cc2)C(=O)c2cccc1c2. The first kappa shape index (κ1) is 40.2. The van der Waals surface area contributed by atoms with Crippen LogP contribution in [0.1, 0.15) is 85.9 Å². The summed E-state index contributed by atoms with van der Waals surface area (Å²) in [4.78, 5) is 55.2. The Balaban J connectivity index is 0.934. The van der Waals surface area contributed by atoms with Crippen molar-refractivity contribution in [3.05, 3.63) is 274 Å². The third-order valence-electron chi connectivity index (χ3n) is 12.6. The molecule has 0 radical (unpaired) electrons. The summed E-state index contributed by atoms with van der Waals surface area (Å²) in [5.74, 6) is -0.598. The van der Waals surface area contributed by atoms with Gasteiger partial charge in [0.1, 0.15) is 26.2 Å². The van der Waals surface area contributed by atoms with Crippen molar-refractivity contribution in [3.63, 3.8) is 0 Å². The lowest BCUT2D eigenvalue weighted by atomic mass is 9.96. The van der Waals surface area contributed by atoms with Crippen molar-refractivity contribution in [2.75, 3.05) is 0 Å². The molecule has 8 heteroatoms. The summed E-state index contributed by atoms with van der Waals surface area (Å²) >= 11 is 0. The number of rotatable bonds is 0. The summed E-state index contributed by atoms with van der Waals surface area (Å²) in [7, 11) is 0. The molecule has 2 aromatic heterocycles. The molecule has 7 aliphatic rings. The van der Waals surface area contributed by atoms with Gasteiger partial charge in [-0.15, -0.1) is 0 Å². The highest BCUT2D eigenvalue weighted by Gasteiger charge is 2.21. The third-order valence-corrected chi connectivity index (χ3v) is 12.6. The zero-order valence-electron chi connectivity index (χ0n) is 35.9. The van der Waals surface area contributed by atoms with Crippen LogP contribution >= 0.6 is 0 Å². The first-order valence-electron chi connectivity index (χ1n) is 22.0. The Bertz CT molecular complexity index is 3070. The van der Waals surface area contributed by atoms with Crippen LogP contribution in [0.4, 0.5) is 0 Å². The number of hydrogen-bond donors (Lipinski definition) is 0. The molecular weight excluding hydrogens is 817 g/mol. The van der Waals surface area contributed by atoms with Gasteiger partial charge in [0.05, 0.1) is 0 Å². The van der Waals surface area contributed by atoms with Crippen LogP contribution in [-0.2, 0) is 26.2 Å². The molecule has 0 atom stereocenters. The van der Waals surface area contributed by atoms with Gasteiger partial charge in [-0.2, -0.15) is 0 Å². The van der Waals surface area contributed by atoms with Gasteiger partial charge in [-0.1, -0.05) is 158 Å². The smallest absolute Gasteiger partial charge is 0.245 e. The van der Waals surface area contributed by atoms with Crippen molar-refractivity contribution < 1.29 is 28.3 Å². The van der Waals surface area contributed by atoms with Crippen molar-refractivity contribution in [2.24, 2.45) is 0 Å². The van der Waals surface area contributed by atoms with E-state index >= 15 is 0 Å². The van der Waals surface area contributed by atoms with Crippen molar-refractivity contribution in [1.82, 2.24) is 9.13 Å². The van der Waals surface area contributed by atoms with E-state index in [-0.39, 0.29) is 23.1 Å². The van der Waals surface area contributed by atoms with Gasteiger partial charge in [-0.05, 0) is 58.7 Å². The van der Waals surface area contributed by atoms with Crippen LogP contribution < -0.4 is 9.13 Å². The summed E-state index contributed by atoms with van der Waals surface area (Å²) in [5.41, 5.74) is 12.4. The van der Waals surface area contributed by atoms with E-state index < -0.39 is 0 Å². The fraction of sp³-hybridized carbons (Fsp3) is 0.0690. The molecule has 0 amide bonds. The van der Waals surface area contributed by atoms with E-state index in [0.717, 1.165) is 44.3 Å². The quantitative estimate of drug-likeness (QED) is 0.142. The van der Waals surface area contributed by atoms with E-state index in [1.807, 2.05) is 121 Å². The molecule has 0 aliphatic carbocycles. The van der Waals surface area contributed by atoms with Gasteiger partial charge >= 0.3 is 0 Å². The van der Waals surface area contributed by atoms with Gasteiger partial charge in [0.2, 0.25) is 12.7 Å². The van der Waals surface area contributed by atoms with Crippen LogP contribution in [0.2, 0.25) is 0 Å². The summed E-state index contributed by atoms with van der Waals surface area (Å²) in [6.07, 6.45) is 4.20. The predicted octanol–water partition coefficient (Wildman–Crippen LogP) is 9.60. The van der Waals surface area contributed by atoms with Gasteiger partial charge in [-0.25, -0.2) is 18.3 Å². The molecule has 0 saturated heterocycles. The van der Waals surface area contributed by atoms with Gasteiger partial charge < -0.3 is 0 Å². The van der Waals surface area contributed by atoms with Crippen molar-refractivity contribution in [2.45, 2.75) is 26.2 Å². The number of aromatic nitrogens is 4. The van der Waals surface area contributed by atoms with Crippen LogP contribution in [-0.4, -0.2) is 32.3 Å². The molecule has 66 heavy (non-hydrogen) atoms. The average molecular weight is 859 g/mol. The summed E-state index contributed by atoms with van der Waals surface area (Å²) in [6, 6.07) is 61.0. The van der Waals surface area contributed by atoms with Crippen molar-refractivity contribution in [1.29, 1.82) is 0 Å². The third kappa shape index (κ3) is 7.75. The van der Waals surface area contributed by atoms with Crippen molar-refractivity contribution >= 4 is 45.2 Å². The second-order valence-electron chi connectivity index (χ2n) is 17.0. The number of carbonyl (C=O) groups is 4. The fourth-order valence-corrected chi connectivity index (χ4v) is 9.09. The van der Waals surface area contributed by atoms with Gasteiger partial charge in [-0.3, -0.25) is 19.2 Å². The molecule has 0 unspecified atom stereocenters. The Labute approximate surface area is 380 Å². The topological polar surface area (TPSA) is 85.9 Å². The Morgan fingerprint density at radius 2 is 0.606 bits per heavy atom. The Morgan fingerprint density at radius 1 is 0.303 bits per heavy atom. The normalized spacial score (nSPS) is 13.3. The average Bonchev–Trinajstić information content (AvgIpc) is 3.89. The zero-order chi connectivity index (χ0) is 44.7. The minimum atomic E-state index is -0.149. The second-order valence-corrected chi connectivity index (χ2v) is 17.0. The van der Waals surface area contributed by atoms with E-state index in [1.54, 1.807) is 48.5 Å². The molecule has 0 saturated carbocycles. The molecule has 7 aliphatic heterocycles. The predicted molar refractivity (Wildman–Crippen MR) is 253 cm³/mol. The number of para-hydroxylation sites is 4. The molecule has 17 rings (SSSR count). The number of benzene rings is 8. The lowest BCUT2D eigenvalue weighted by molar-refractivity contribution is -0.663. The summed E-state index contributed by atoms with van der Waals surface area (Å²) in [5, 5.41) is 0. The van der Waals surface area contributed by atoms with Crippen LogP contribution in [0.15, 0.2) is 207 Å². The molecular formula is C58H42N4O4+2.